The Morgan fingerprint density at radius 3 is 2.70 bits per heavy atom. The third kappa shape index (κ3) is 5.37. The van der Waals surface area contributed by atoms with Crippen LogP contribution in [0.1, 0.15) is 17.0 Å². The molecule has 1 fully saturated rings. The zero-order valence-corrected chi connectivity index (χ0v) is 16.1. The second-order valence-corrected chi connectivity index (χ2v) is 6.79. The van der Waals surface area contributed by atoms with Gasteiger partial charge in [0.25, 0.3) is 0 Å². The van der Waals surface area contributed by atoms with Crippen LogP contribution in [0.25, 0.3) is 0 Å². The third-order valence-corrected chi connectivity index (χ3v) is 4.24. The van der Waals surface area contributed by atoms with E-state index in [1.54, 1.807) is 0 Å². The van der Waals surface area contributed by atoms with Crippen LogP contribution in [0.5, 0.6) is 0 Å². The Morgan fingerprint density at radius 2 is 2.00 bits per heavy atom. The van der Waals surface area contributed by atoms with Crippen molar-refractivity contribution in [2.45, 2.75) is 19.9 Å². The highest BCUT2D eigenvalue weighted by atomic mass is 16.5. The number of nitrogens with one attached hydrogen (secondary N) is 1. The van der Waals surface area contributed by atoms with E-state index in [2.05, 4.69) is 25.2 Å². The van der Waals surface area contributed by atoms with Crippen LogP contribution < -0.4 is 15.1 Å². The summed E-state index contributed by atoms with van der Waals surface area (Å²) in [7, 11) is 3.77. The number of amides is 1. The molecule has 1 aliphatic rings. The van der Waals surface area contributed by atoms with Crippen LogP contribution in [0.3, 0.4) is 0 Å². The number of hydrogen-bond acceptors (Lipinski definition) is 7. The summed E-state index contributed by atoms with van der Waals surface area (Å²) >= 11 is 0. The SMILES string of the molecule is Cc1cccc(CC(=O)NCc2nc(N(C)C)nc(N3CCOCC3)n2)c1. The van der Waals surface area contributed by atoms with Crippen molar-refractivity contribution < 1.29 is 9.53 Å². The number of carbonyl (C=O) groups excluding carboxylic acids is 1. The van der Waals surface area contributed by atoms with Crippen molar-refractivity contribution in [2.75, 3.05) is 50.2 Å². The van der Waals surface area contributed by atoms with Crippen LogP contribution in [0, 0.1) is 6.92 Å². The Labute approximate surface area is 159 Å². The molecule has 1 aromatic heterocycles. The van der Waals surface area contributed by atoms with Crippen LogP contribution in [-0.2, 0) is 22.5 Å². The molecule has 8 heteroatoms. The van der Waals surface area contributed by atoms with Gasteiger partial charge in [-0.3, -0.25) is 4.79 Å². The predicted molar refractivity (Wildman–Crippen MR) is 104 cm³/mol. The second kappa shape index (κ2) is 8.77. The Balaban J connectivity index is 1.67. The summed E-state index contributed by atoms with van der Waals surface area (Å²) in [6.07, 6.45) is 0.337. The van der Waals surface area contributed by atoms with Crippen molar-refractivity contribution in [1.29, 1.82) is 0 Å². The number of morpholine rings is 1. The summed E-state index contributed by atoms with van der Waals surface area (Å²) in [6.45, 7) is 5.09. The topological polar surface area (TPSA) is 83.5 Å². The van der Waals surface area contributed by atoms with E-state index in [1.165, 1.54) is 0 Å². The Bertz CT molecular complexity index is 790. The van der Waals surface area contributed by atoms with Gasteiger partial charge in [-0.2, -0.15) is 15.0 Å². The first kappa shape index (κ1) is 19.0. The van der Waals surface area contributed by atoms with Crippen molar-refractivity contribution >= 4 is 17.8 Å². The van der Waals surface area contributed by atoms with Crippen LogP contribution in [0.4, 0.5) is 11.9 Å². The zero-order chi connectivity index (χ0) is 19.2. The molecule has 2 heterocycles. The minimum Gasteiger partial charge on any atom is -0.378 e. The quantitative estimate of drug-likeness (QED) is 0.810. The van der Waals surface area contributed by atoms with Crippen LogP contribution >= 0.6 is 0 Å². The number of hydrogen-bond donors (Lipinski definition) is 1. The first-order valence-electron chi connectivity index (χ1n) is 9.08. The molecule has 8 nitrogen and oxygen atoms in total. The molecule has 0 spiro atoms. The van der Waals surface area contributed by atoms with Gasteiger partial charge < -0.3 is 19.9 Å². The number of anilines is 2. The second-order valence-electron chi connectivity index (χ2n) is 6.79. The number of nitrogens with zero attached hydrogens (tertiary/aromatic N) is 5. The van der Waals surface area contributed by atoms with Gasteiger partial charge >= 0.3 is 0 Å². The van der Waals surface area contributed by atoms with Gasteiger partial charge in [0.05, 0.1) is 26.2 Å². The molecule has 0 bridgehead atoms. The number of ether oxygens (including phenoxy) is 1. The van der Waals surface area contributed by atoms with Gasteiger partial charge in [-0.25, -0.2) is 0 Å². The van der Waals surface area contributed by atoms with E-state index in [4.69, 9.17) is 4.74 Å². The van der Waals surface area contributed by atoms with Gasteiger partial charge in [0, 0.05) is 27.2 Å². The van der Waals surface area contributed by atoms with Crippen molar-refractivity contribution in [2.24, 2.45) is 0 Å². The number of aromatic nitrogens is 3. The normalized spacial score (nSPS) is 14.1. The minimum atomic E-state index is -0.0552. The number of rotatable bonds is 6. The predicted octanol–water partition coefficient (Wildman–Crippen LogP) is 0.942. The summed E-state index contributed by atoms with van der Waals surface area (Å²) in [5, 5.41) is 2.91. The third-order valence-electron chi connectivity index (χ3n) is 4.24. The van der Waals surface area contributed by atoms with E-state index in [-0.39, 0.29) is 12.5 Å². The average molecular weight is 370 g/mol. The lowest BCUT2D eigenvalue weighted by Gasteiger charge is -2.27. The molecule has 0 unspecified atom stereocenters. The lowest BCUT2D eigenvalue weighted by atomic mass is 10.1. The lowest BCUT2D eigenvalue weighted by Crippen LogP contribution is -2.38. The van der Waals surface area contributed by atoms with Gasteiger partial charge in [0.1, 0.15) is 0 Å². The summed E-state index contributed by atoms with van der Waals surface area (Å²) in [5.41, 5.74) is 2.13. The molecule has 1 aromatic carbocycles. The van der Waals surface area contributed by atoms with Gasteiger partial charge in [-0.1, -0.05) is 29.8 Å². The Kier molecular flexibility index (Phi) is 6.18. The van der Waals surface area contributed by atoms with Crippen LogP contribution in [0.2, 0.25) is 0 Å². The number of carbonyl (C=O) groups is 1. The highest BCUT2D eigenvalue weighted by Gasteiger charge is 2.17. The van der Waals surface area contributed by atoms with E-state index in [9.17, 15) is 4.79 Å². The fourth-order valence-corrected chi connectivity index (χ4v) is 2.83. The molecule has 0 aliphatic carbocycles. The van der Waals surface area contributed by atoms with E-state index < -0.39 is 0 Å². The van der Waals surface area contributed by atoms with Gasteiger partial charge in [0.15, 0.2) is 5.82 Å². The molecule has 1 amide bonds. The molecule has 2 aromatic rings. The maximum absolute atomic E-state index is 12.3. The zero-order valence-electron chi connectivity index (χ0n) is 16.1. The highest BCUT2D eigenvalue weighted by Crippen LogP contribution is 2.14. The fourth-order valence-electron chi connectivity index (χ4n) is 2.83. The fraction of sp³-hybridized carbons (Fsp3) is 0.474. The standard InChI is InChI=1S/C19H26N6O2/c1-14-5-4-6-15(11-14)12-17(26)20-13-16-21-18(24(2)3)23-19(22-16)25-7-9-27-10-8-25/h4-6,11H,7-10,12-13H2,1-3H3,(H,20,26). The molecule has 27 heavy (non-hydrogen) atoms. The molecule has 0 radical (unpaired) electrons. The van der Waals surface area contributed by atoms with Gasteiger partial charge in [-0.05, 0) is 12.5 Å². The van der Waals surface area contributed by atoms with Crippen molar-refractivity contribution in [3.05, 3.63) is 41.2 Å². The maximum atomic E-state index is 12.3. The van der Waals surface area contributed by atoms with E-state index in [0.717, 1.165) is 24.2 Å². The van der Waals surface area contributed by atoms with Gasteiger partial charge in [-0.15, -0.1) is 0 Å². The Hall–Kier alpha value is -2.74. The average Bonchev–Trinajstić information content (AvgIpc) is 2.67. The van der Waals surface area contributed by atoms with Gasteiger partial charge in [0.2, 0.25) is 17.8 Å². The number of benzene rings is 1. The summed E-state index contributed by atoms with van der Waals surface area (Å²) < 4.78 is 5.39. The smallest absolute Gasteiger partial charge is 0.230 e. The summed E-state index contributed by atoms with van der Waals surface area (Å²) in [4.78, 5) is 29.7. The molecule has 1 N–H and O–H groups in total. The molecule has 0 saturated carbocycles. The molecular formula is C19H26N6O2. The van der Waals surface area contributed by atoms with Crippen molar-refractivity contribution in [3.63, 3.8) is 0 Å². The first-order chi connectivity index (χ1) is 13.0. The first-order valence-corrected chi connectivity index (χ1v) is 9.08. The van der Waals surface area contributed by atoms with Crippen LogP contribution in [0.15, 0.2) is 24.3 Å². The monoisotopic (exact) mass is 370 g/mol. The maximum Gasteiger partial charge on any atom is 0.230 e. The number of aryl methyl sites for hydroxylation is 1. The minimum absolute atomic E-state index is 0.0552. The summed E-state index contributed by atoms with van der Waals surface area (Å²) in [6, 6.07) is 7.95. The Morgan fingerprint density at radius 1 is 1.22 bits per heavy atom. The highest BCUT2D eigenvalue weighted by molar-refractivity contribution is 5.78. The molecule has 1 aliphatic heterocycles. The summed E-state index contributed by atoms with van der Waals surface area (Å²) in [5.74, 6) is 1.70. The van der Waals surface area contributed by atoms with Crippen LogP contribution in [-0.4, -0.2) is 61.3 Å². The van der Waals surface area contributed by atoms with Crippen molar-refractivity contribution in [1.82, 2.24) is 20.3 Å². The van der Waals surface area contributed by atoms with E-state index in [0.29, 0.717) is 37.4 Å². The largest absolute Gasteiger partial charge is 0.378 e. The molecule has 3 rings (SSSR count). The molecular weight excluding hydrogens is 344 g/mol. The van der Waals surface area contributed by atoms with E-state index >= 15 is 0 Å². The lowest BCUT2D eigenvalue weighted by molar-refractivity contribution is -0.120. The van der Waals surface area contributed by atoms with Crippen molar-refractivity contribution in [3.8, 4) is 0 Å². The molecule has 1 saturated heterocycles. The molecule has 0 atom stereocenters. The van der Waals surface area contributed by atoms with E-state index in [1.807, 2.05) is 50.2 Å². The molecule has 144 valence electrons.